The normalized spacial score (nSPS) is 20.2. The first-order valence-electron chi connectivity index (χ1n) is 6.98. The molecular weight excluding hydrogens is 336 g/mol. The third-order valence-corrected chi connectivity index (χ3v) is 3.92. The summed E-state index contributed by atoms with van der Waals surface area (Å²) in [6.45, 7) is -2.76. The van der Waals surface area contributed by atoms with E-state index in [1.165, 1.54) is 18.3 Å². The molecule has 124 valence electrons. The number of pyridine rings is 1. The molecule has 1 saturated carbocycles. The Morgan fingerprint density at radius 3 is 2.78 bits per heavy atom. The summed E-state index contributed by atoms with van der Waals surface area (Å²) in [6.07, 6.45) is 2.38. The van der Waals surface area contributed by atoms with Crippen LogP contribution in [0.1, 0.15) is 25.8 Å². The average Bonchev–Trinajstić information content (AvgIpc) is 3.06. The highest BCUT2D eigenvalue weighted by Gasteiger charge is 2.39. The Kier molecular flexibility index (Phi) is 4.18. The lowest BCUT2D eigenvalue weighted by Gasteiger charge is -2.17. The predicted molar refractivity (Wildman–Crippen MR) is 77.9 cm³/mol. The first-order valence-corrected chi connectivity index (χ1v) is 7.35. The van der Waals surface area contributed by atoms with Crippen LogP contribution in [0.15, 0.2) is 24.5 Å². The SMILES string of the molecule is FC(F)n1ccc(-c2cnc(Cl)cc2NC2CCC(F)(F)C2)n1. The number of anilines is 1. The highest BCUT2D eigenvalue weighted by atomic mass is 35.5. The Morgan fingerprint density at radius 2 is 2.17 bits per heavy atom. The smallest absolute Gasteiger partial charge is 0.333 e. The van der Waals surface area contributed by atoms with Gasteiger partial charge in [0.2, 0.25) is 5.92 Å². The van der Waals surface area contributed by atoms with E-state index in [2.05, 4.69) is 15.4 Å². The Hall–Kier alpha value is -1.83. The van der Waals surface area contributed by atoms with Crippen LogP contribution in [0.3, 0.4) is 0 Å². The molecule has 0 amide bonds. The van der Waals surface area contributed by atoms with Gasteiger partial charge in [0.25, 0.3) is 0 Å². The second-order valence-corrected chi connectivity index (χ2v) is 5.84. The molecule has 0 radical (unpaired) electrons. The van der Waals surface area contributed by atoms with Gasteiger partial charge < -0.3 is 5.32 Å². The fraction of sp³-hybridized carbons (Fsp3) is 0.429. The molecule has 1 fully saturated rings. The van der Waals surface area contributed by atoms with Crippen molar-refractivity contribution >= 4 is 17.3 Å². The van der Waals surface area contributed by atoms with E-state index in [0.717, 1.165) is 6.20 Å². The van der Waals surface area contributed by atoms with Gasteiger partial charge >= 0.3 is 6.55 Å². The van der Waals surface area contributed by atoms with Crippen molar-refractivity contribution < 1.29 is 17.6 Å². The number of aromatic nitrogens is 3. The fourth-order valence-corrected chi connectivity index (χ4v) is 2.79. The first-order chi connectivity index (χ1) is 10.8. The van der Waals surface area contributed by atoms with E-state index in [4.69, 9.17) is 11.6 Å². The highest BCUT2D eigenvalue weighted by Crippen LogP contribution is 2.38. The highest BCUT2D eigenvalue weighted by molar-refractivity contribution is 6.29. The molecule has 2 aromatic rings. The van der Waals surface area contributed by atoms with Gasteiger partial charge in [-0.15, -0.1) is 0 Å². The second-order valence-electron chi connectivity index (χ2n) is 5.45. The zero-order valence-corrected chi connectivity index (χ0v) is 12.6. The average molecular weight is 349 g/mol. The molecular formula is C14H13ClF4N4. The maximum Gasteiger partial charge on any atom is 0.333 e. The molecule has 23 heavy (non-hydrogen) atoms. The molecule has 0 saturated heterocycles. The van der Waals surface area contributed by atoms with E-state index in [1.807, 2.05) is 0 Å². The minimum absolute atomic E-state index is 0.175. The maximum atomic E-state index is 13.3. The number of rotatable bonds is 4. The van der Waals surface area contributed by atoms with Crippen molar-refractivity contribution in [3.63, 3.8) is 0 Å². The second kappa shape index (κ2) is 5.99. The molecule has 3 rings (SSSR count). The quantitative estimate of drug-likeness (QED) is 0.649. The monoisotopic (exact) mass is 348 g/mol. The molecule has 2 aromatic heterocycles. The van der Waals surface area contributed by atoms with Crippen molar-refractivity contribution in [3.05, 3.63) is 29.7 Å². The van der Waals surface area contributed by atoms with Gasteiger partial charge in [-0.25, -0.2) is 18.4 Å². The van der Waals surface area contributed by atoms with Crippen LogP contribution in [0.4, 0.5) is 23.2 Å². The molecule has 2 heterocycles. The lowest BCUT2D eigenvalue weighted by atomic mass is 10.1. The number of halogens is 5. The minimum atomic E-state index is -2.76. The van der Waals surface area contributed by atoms with Crippen molar-refractivity contribution in [1.82, 2.24) is 14.8 Å². The summed E-state index contributed by atoms with van der Waals surface area (Å²) in [6, 6.07) is 2.47. The van der Waals surface area contributed by atoms with Gasteiger partial charge in [0.05, 0.1) is 5.69 Å². The first kappa shape index (κ1) is 16.0. The number of alkyl halides is 4. The number of hydrogen-bond acceptors (Lipinski definition) is 3. The fourth-order valence-electron chi connectivity index (χ4n) is 2.64. The van der Waals surface area contributed by atoms with Crippen molar-refractivity contribution in [2.75, 3.05) is 5.32 Å². The molecule has 1 unspecified atom stereocenters. The summed E-state index contributed by atoms with van der Waals surface area (Å²) in [5.41, 5.74) is 1.15. The van der Waals surface area contributed by atoms with Gasteiger partial charge in [0.1, 0.15) is 5.15 Å². The van der Waals surface area contributed by atoms with E-state index in [9.17, 15) is 17.6 Å². The molecule has 1 atom stereocenters. The van der Waals surface area contributed by atoms with Crippen molar-refractivity contribution in [3.8, 4) is 11.3 Å². The van der Waals surface area contributed by atoms with Crippen LogP contribution < -0.4 is 5.32 Å². The molecule has 1 N–H and O–H groups in total. The summed E-state index contributed by atoms with van der Waals surface area (Å²) in [4.78, 5) is 3.91. The zero-order chi connectivity index (χ0) is 16.6. The summed E-state index contributed by atoms with van der Waals surface area (Å²) >= 11 is 5.86. The van der Waals surface area contributed by atoms with Crippen LogP contribution in [-0.2, 0) is 0 Å². The Bertz CT molecular complexity index is 704. The number of nitrogens with one attached hydrogen (secondary N) is 1. The standard InChI is InChI=1S/C14H13ClF4N4/c15-12-5-11(21-8-1-3-14(18,19)6-8)9(7-20-12)10-2-4-23(22-10)13(16)17/h2,4-5,7-8,13H,1,3,6H2,(H,20,21). The maximum absolute atomic E-state index is 13.3. The molecule has 0 aliphatic heterocycles. The largest absolute Gasteiger partial charge is 0.381 e. The van der Waals surface area contributed by atoms with E-state index in [0.29, 0.717) is 22.4 Å². The predicted octanol–water partition coefficient (Wildman–Crippen LogP) is 4.59. The molecule has 9 heteroatoms. The van der Waals surface area contributed by atoms with E-state index in [-0.39, 0.29) is 23.7 Å². The van der Waals surface area contributed by atoms with Gasteiger partial charge in [0, 0.05) is 42.5 Å². The van der Waals surface area contributed by atoms with Gasteiger partial charge in [-0.1, -0.05) is 11.6 Å². The van der Waals surface area contributed by atoms with Gasteiger partial charge in [0.15, 0.2) is 0 Å². The number of hydrogen-bond donors (Lipinski definition) is 1. The molecule has 1 aliphatic carbocycles. The lowest BCUT2D eigenvalue weighted by Crippen LogP contribution is -2.19. The Labute approximate surface area is 134 Å². The van der Waals surface area contributed by atoms with Crippen molar-refractivity contribution in [2.24, 2.45) is 0 Å². The zero-order valence-electron chi connectivity index (χ0n) is 11.8. The summed E-state index contributed by atoms with van der Waals surface area (Å²) in [5, 5.41) is 6.95. The molecule has 1 aliphatic rings. The topological polar surface area (TPSA) is 42.7 Å². The van der Waals surface area contributed by atoms with Crippen molar-refractivity contribution in [1.29, 1.82) is 0 Å². The van der Waals surface area contributed by atoms with Crippen molar-refractivity contribution in [2.45, 2.75) is 37.8 Å². The Morgan fingerprint density at radius 1 is 1.39 bits per heavy atom. The van der Waals surface area contributed by atoms with Crippen LogP contribution in [0.2, 0.25) is 5.15 Å². The molecule has 0 spiro atoms. The van der Waals surface area contributed by atoms with Crippen LogP contribution in [0, 0.1) is 0 Å². The minimum Gasteiger partial charge on any atom is -0.381 e. The third kappa shape index (κ3) is 3.57. The molecule has 0 bridgehead atoms. The molecule has 4 nitrogen and oxygen atoms in total. The summed E-state index contributed by atoms with van der Waals surface area (Å²) in [5.74, 6) is -2.69. The van der Waals surface area contributed by atoms with Crippen LogP contribution in [-0.4, -0.2) is 26.7 Å². The van der Waals surface area contributed by atoms with Crippen LogP contribution in [0.5, 0.6) is 0 Å². The lowest BCUT2D eigenvalue weighted by molar-refractivity contribution is 0.00852. The van der Waals surface area contributed by atoms with Gasteiger partial charge in [-0.2, -0.15) is 13.9 Å². The summed E-state index contributed by atoms with van der Waals surface area (Å²) in [7, 11) is 0. The van der Waals surface area contributed by atoms with Crippen LogP contribution >= 0.6 is 11.6 Å². The Balaban J connectivity index is 1.88. The van der Waals surface area contributed by atoms with E-state index >= 15 is 0 Å². The number of nitrogens with zero attached hydrogens (tertiary/aromatic N) is 3. The summed E-state index contributed by atoms with van der Waals surface area (Å²) < 4.78 is 52.4. The van der Waals surface area contributed by atoms with E-state index in [1.54, 1.807) is 0 Å². The molecule has 0 aromatic carbocycles. The van der Waals surface area contributed by atoms with Gasteiger partial charge in [-0.3, -0.25) is 0 Å². The van der Waals surface area contributed by atoms with E-state index < -0.39 is 18.5 Å². The third-order valence-electron chi connectivity index (χ3n) is 3.72. The van der Waals surface area contributed by atoms with Gasteiger partial charge in [-0.05, 0) is 18.6 Å². The van der Waals surface area contributed by atoms with Crippen LogP contribution in [0.25, 0.3) is 11.3 Å².